The van der Waals surface area contributed by atoms with Gasteiger partial charge in [-0.25, -0.2) is 4.79 Å². The molecule has 1 N–H and O–H groups in total. The molecule has 0 bridgehead atoms. The smallest absolute Gasteiger partial charge is 0.408 e. The molecule has 4 rings (SSSR count). The third kappa shape index (κ3) is 3.42. The van der Waals surface area contributed by atoms with Crippen LogP contribution < -0.4 is 5.32 Å². The van der Waals surface area contributed by atoms with Crippen molar-refractivity contribution < 1.29 is 9.53 Å². The minimum atomic E-state index is -0.385. The summed E-state index contributed by atoms with van der Waals surface area (Å²) < 4.78 is 5.47. The van der Waals surface area contributed by atoms with Gasteiger partial charge in [-0.1, -0.05) is 48.2 Å². The number of ether oxygens (including phenoxy) is 1. The zero-order valence-electron chi connectivity index (χ0n) is 13.3. The van der Waals surface area contributed by atoms with Gasteiger partial charge in [0.15, 0.2) is 6.10 Å². The van der Waals surface area contributed by atoms with E-state index in [4.69, 9.17) is 4.74 Å². The second-order valence-corrected chi connectivity index (χ2v) is 6.68. The highest BCUT2D eigenvalue weighted by Crippen LogP contribution is 2.38. The lowest BCUT2D eigenvalue weighted by Crippen LogP contribution is -2.19. The van der Waals surface area contributed by atoms with Crippen molar-refractivity contribution in [3.63, 3.8) is 0 Å². The Bertz CT molecular complexity index is 939. The summed E-state index contributed by atoms with van der Waals surface area (Å²) in [6.07, 6.45) is -0.686. The number of carbonyl (C=O) groups is 1. The molecule has 1 aliphatic heterocycles. The normalized spacial score (nSPS) is 18.8. The van der Waals surface area contributed by atoms with Crippen LogP contribution in [0.3, 0.4) is 0 Å². The van der Waals surface area contributed by atoms with Crippen molar-refractivity contribution >= 4 is 17.4 Å². The maximum Gasteiger partial charge on any atom is 0.408 e. The number of hydrogen-bond donors (Lipinski definition) is 1. The molecule has 0 spiro atoms. The summed E-state index contributed by atoms with van der Waals surface area (Å²) in [5, 5.41) is 4.89. The summed E-state index contributed by atoms with van der Waals surface area (Å²) >= 11 is 1.59. The zero-order chi connectivity index (χ0) is 17.1. The monoisotopic (exact) mass is 345 g/mol. The van der Waals surface area contributed by atoms with Gasteiger partial charge in [0.1, 0.15) is 0 Å². The number of benzene rings is 2. The third-order valence-electron chi connectivity index (χ3n) is 4.00. The lowest BCUT2D eigenvalue weighted by molar-refractivity contribution is 0.134. The van der Waals surface area contributed by atoms with E-state index < -0.39 is 0 Å². The van der Waals surface area contributed by atoms with E-state index in [1.165, 1.54) is 0 Å². The van der Waals surface area contributed by atoms with Crippen LogP contribution in [0.5, 0.6) is 0 Å². The number of hydrogen-bond acceptors (Lipinski definition) is 3. The van der Waals surface area contributed by atoms with E-state index in [0.29, 0.717) is 0 Å². The van der Waals surface area contributed by atoms with Crippen LogP contribution >= 0.6 is 11.3 Å². The summed E-state index contributed by atoms with van der Waals surface area (Å²) in [4.78, 5) is 12.8. The number of amides is 1. The van der Waals surface area contributed by atoms with Crippen LogP contribution in [0, 0.1) is 11.8 Å². The van der Waals surface area contributed by atoms with Crippen molar-refractivity contribution in [2.75, 3.05) is 0 Å². The highest BCUT2D eigenvalue weighted by Gasteiger charge is 2.36. The summed E-state index contributed by atoms with van der Waals surface area (Å²) in [5.41, 5.74) is 2.87. The molecule has 2 unspecified atom stereocenters. The Balaban J connectivity index is 1.63. The molecule has 4 heteroatoms. The number of alkyl carbamates (subject to hydrolysis) is 1. The number of nitrogens with one attached hydrogen (secondary N) is 1. The highest BCUT2D eigenvalue weighted by molar-refractivity contribution is 7.10. The molecule has 1 fully saturated rings. The highest BCUT2D eigenvalue weighted by atomic mass is 32.1. The van der Waals surface area contributed by atoms with E-state index in [-0.39, 0.29) is 18.2 Å². The molecule has 1 aromatic heterocycles. The minimum absolute atomic E-state index is 0.204. The van der Waals surface area contributed by atoms with Gasteiger partial charge in [-0.05, 0) is 41.3 Å². The molecular formula is C21H15NO2S. The molecule has 2 aromatic carbocycles. The van der Waals surface area contributed by atoms with Crippen molar-refractivity contribution in [2.45, 2.75) is 12.1 Å². The fraction of sp³-hybridized carbons (Fsp3) is 0.0952. The predicted molar refractivity (Wildman–Crippen MR) is 98.3 cm³/mol. The second-order valence-electron chi connectivity index (χ2n) is 5.70. The zero-order valence-corrected chi connectivity index (χ0v) is 14.1. The Morgan fingerprint density at radius 3 is 2.52 bits per heavy atom. The Labute approximate surface area is 150 Å². The quantitative estimate of drug-likeness (QED) is 0.686. The van der Waals surface area contributed by atoms with Crippen LogP contribution in [0.1, 0.15) is 33.7 Å². The van der Waals surface area contributed by atoms with E-state index in [2.05, 4.69) is 17.2 Å². The fourth-order valence-electron chi connectivity index (χ4n) is 2.83. The molecule has 2 atom stereocenters. The first-order valence-electron chi connectivity index (χ1n) is 7.97. The van der Waals surface area contributed by atoms with Crippen LogP contribution in [0.25, 0.3) is 0 Å². The Morgan fingerprint density at radius 1 is 0.920 bits per heavy atom. The molecule has 25 heavy (non-hydrogen) atoms. The van der Waals surface area contributed by atoms with E-state index in [1.807, 2.05) is 72.1 Å². The summed E-state index contributed by atoms with van der Waals surface area (Å²) in [5.74, 6) is 6.34. The van der Waals surface area contributed by atoms with Gasteiger partial charge in [0.2, 0.25) is 0 Å². The van der Waals surface area contributed by atoms with Crippen LogP contribution in [0.4, 0.5) is 4.79 Å². The molecule has 0 radical (unpaired) electrons. The fourth-order valence-corrected chi connectivity index (χ4v) is 3.62. The molecule has 0 aliphatic carbocycles. The standard InChI is InChI=1S/C21H15NO2S/c23-21-22-19(20(24-21)18-10-5-13-25-18)17-9-4-8-16(14-17)12-11-15-6-2-1-3-7-15/h1-10,13-14,19-20H,(H,22,23). The molecule has 3 nitrogen and oxygen atoms in total. The van der Waals surface area contributed by atoms with Crippen molar-refractivity contribution in [2.24, 2.45) is 0 Å². The Kier molecular flexibility index (Phi) is 4.24. The van der Waals surface area contributed by atoms with Crippen molar-refractivity contribution in [1.82, 2.24) is 5.32 Å². The average Bonchev–Trinajstić information content (AvgIpc) is 3.30. The summed E-state index contributed by atoms with van der Waals surface area (Å²) in [6, 6.07) is 21.6. The first kappa shape index (κ1) is 15.5. The first-order valence-corrected chi connectivity index (χ1v) is 8.85. The second kappa shape index (κ2) is 6.84. The van der Waals surface area contributed by atoms with E-state index in [0.717, 1.165) is 21.6 Å². The Hall–Kier alpha value is -3.03. The predicted octanol–water partition coefficient (Wildman–Crippen LogP) is 4.67. The number of rotatable bonds is 2. The van der Waals surface area contributed by atoms with E-state index in [9.17, 15) is 4.79 Å². The minimum Gasteiger partial charge on any atom is -0.438 e. The molecule has 1 amide bonds. The molecule has 1 aliphatic rings. The maximum atomic E-state index is 11.8. The topological polar surface area (TPSA) is 38.3 Å². The SMILES string of the molecule is O=C1NC(c2cccc(C#Cc3ccccc3)c2)C(c2cccs2)O1. The van der Waals surface area contributed by atoms with Gasteiger partial charge in [0, 0.05) is 16.0 Å². The van der Waals surface area contributed by atoms with E-state index in [1.54, 1.807) is 11.3 Å². The van der Waals surface area contributed by atoms with Crippen molar-refractivity contribution in [3.8, 4) is 11.8 Å². The van der Waals surface area contributed by atoms with Crippen molar-refractivity contribution in [3.05, 3.63) is 93.7 Å². The maximum absolute atomic E-state index is 11.8. The molecule has 1 saturated heterocycles. The Morgan fingerprint density at radius 2 is 1.72 bits per heavy atom. The lowest BCUT2D eigenvalue weighted by atomic mass is 9.99. The molecule has 3 aromatic rings. The largest absolute Gasteiger partial charge is 0.438 e. The lowest BCUT2D eigenvalue weighted by Gasteiger charge is -2.16. The van der Waals surface area contributed by atoms with Gasteiger partial charge in [-0.2, -0.15) is 0 Å². The molecule has 2 heterocycles. The van der Waals surface area contributed by atoms with Crippen LogP contribution in [-0.2, 0) is 4.74 Å². The van der Waals surface area contributed by atoms with Gasteiger partial charge in [0.25, 0.3) is 0 Å². The number of thiophene rings is 1. The van der Waals surface area contributed by atoms with Crippen LogP contribution in [0.15, 0.2) is 72.1 Å². The van der Waals surface area contributed by atoms with Gasteiger partial charge < -0.3 is 10.1 Å². The van der Waals surface area contributed by atoms with Gasteiger partial charge in [-0.15, -0.1) is 11.3 Å². The first-order chi connectivity index (χ1) is 12.3. The van der Waals surface area contributed by atoms with Gasteiger partial charge >= 0.3 is 6.09 Å². The van der Waals surface area contributed by atoms with Crippen LogP contribution in [0.2, 0.25) is 0 Å². The summed E-state index contributed by atoms with van der Waals surface area (Å²) in [6.45, 7) is 0. The molecule has 122 valence electrons. The van der Waals surface area contributed by atoms with Gasteiger partial charge in [0.05, 0.1) is 6.04 Å². The molecular weight excluding hydrogens is 330 g/mol. The van der Waals surface area contributed by atoms with Gasteiger partial charge in [-0.3, -0.25) is 0 Å². The van der Waals surface area contributed by atoms with Crippen molar-refractivity contribution in [1.29, 1.82) is 0 Å². The van der Waals surface area contributed by atoms with E-state index >= 15 is 0 Å². The number of cyclic esters (lactones) is 1. The third-order valence-corrected chi connectivity index (χ3v) is 4.94. The average molecular weight is 345 g/mol. The van der Waals surface area contributed by atoms with Crippen LogP contribution in [-0.4, -0.2) is 6.09 Å². The summed E-state index contributed by atoms with van der Waals surface area (Å²) in [7, 11) is 0. The number of carbonyl (C=O) groups excluding carboxylic acids is 1. The molecule has 0 saturated carbocycles.